The zero-order chi connectivity index (χ0) is 19.2. The van der Waals surface area contributed by atoms with Crippen LogP contribution in [0.2, 0.25) is 0 Å². The van der Waals surface area contributed by atoms with Crippen LogP contribution in [0.1, 0.15) is 33.1 Å². The molecule has 0 amide bonds. The van der Waals surface area contributed by atoms with Gasteiger partial charge in [-0.2, -0.15) is 0 Å². The summed E-state index contributed by atoms with van der Waals surface area (Å²) in [4.78, 5) is 0.0695. The van der Waals surface area contributed by atoms with Crippen LogP contribution in [0.3, 0.4) is 0 Å². The number of ether oxygens (including phenoxy) is 4. The van der Waals surface area contributed by atoms with Crippen molar-refractivity contribution in [3.8, 4) is 11.5 Å². The predicted octanol–water partition coefficient (Wildman–Crippen LogP) is 2.55. The third-order valence-electron chi connectivity index (χ3n) is 4.88. The highest BCUT2D eigenvalue weighted by molar-refractivity contribution is 7.89. The van der Waals surface area contributed by atoms with E-state index in [9.17, 15) is 8.42 Å². The number of sulfonamides is 1. The first-order valence-electron chi connectivity index (χ1n) is 8.81. The van der Waals surface area contributed by atoms with Crippen LogP contribution in [-0.2, 0) is 19.5 Å². The Hall–Kier alpha value is -1.35. The summed E-state index contributed by atoms with van der Waals surface area (Å²) in [6.45, 7) is 5.76. The Morgan fingerprint density at radius 2 is 1.92 bits per heavy atom. The lowest BCUT2D eigenvalue weighted by atomic mass is 9.82. The van der Waals surface area contributed by atoms with E-state index in [0.29, 0.717) is 31.9 Å². The van der Waals surface area contributed by atoms with E-state index in [0.717, 1.165) is 12.8 Å². The molecule has 1 heterocycles. The Morgan fingerprint density at radius 1 is 1.23 bits per heavy atom. The Kier molecular flexibility index (Phi) is 7.28. The molecule has 1 aliphatic heterocycles. The van der Waals surface area contributed by atoms with Crippen LogP contribution in [0, 0.1) is 5.41 Å². The number of methoxy groups -OCH3 is 2. The van der Waals surface area contributed by atoms with Crippen molar-refractivity contribution in [1.82, 2.24) is 4.72 Å². The Balaban J connectivity index is 1.98. The predicted molar refractivity (Wildman–Crippen MR) is 98.1 cm³/mol. The van der Waals surface area contributed by atoms with E-state index in [1.165, 1.54) is 20.3 Å². The molecule has 0 spiro atoms. The molecule has 1 aromatic rings. The fourth-order valence-corrected chi connectivity index (χ4v) is 4.25. The maximum Gasteiger partial charge on any atom is 0.244 e. The summed E-state index contributed by atoms with van der Waals surface area (Å²) < 4.78 is 49.5. The van der Waals surface area contributed by atoms with E-state index < -0.39 is 10.0 Å². The largest absolute Gasteiger partial charge is 0.497 e. The molecule has 1 aromatic carbocycles. The number of rotatable bonds is 10. The number of hydrogen-bond acceptors (Lipinski definition) is 6. The van der Waals surface area contributed by atoms with Crippen molar-refractivity contribution in [2.24, 2.45) is 5.41 Å². The van der Waals surface area contributed by atoms with Gasteiger partial charge in [0.2, 0.25) is 10.0 Å². The first kappa shape index (κ1) is 21.0. The van der Waals surface area contributed by atoms with Gasteiger partial charge in [-0.3, -0.25) is 0 Å². The lowest BCUT2D eigenvalue weighted by molar-refractivity contribution is -0.131. The summed E-state index contributed by atoms with van der Waals surface area (Å²) in [5.74, 6) is 0.740. The highest BCUT2D eigenvalue weighted by Crippen LogP contribution is 2.36. The van der Waals surface area contributed by atoms with E-state index in [-0.39, 0.29) is 22.4 Å². The molecule has 148 valence electrons. The van der Waals surface area contributed by atoms with E-state index in [2.05, 4.69) is 18.6 Å². The van der Waals surface area contributed by atoms with Gasteiger partial charge in [0, 0.05) is 18.0 Å². The average Bonchev–Trinajstić information content (AvgIpc) is 3.20. The third-order valence-corrected chi connectivity index (χ3v) is 6.36. The highest BCUT2D eigenvalue weighted by atomic mass is 32.2. The van der Waals surface area contributed by atoms with Gasteiger partial charge in [-0.15, -0.1) is 0 Å². The molecule has 1 N–H and O–H groups in total. The second kappa shape index (κ2) is 9.03. The number of hydrogen-bond donors (Lipinski definition) is 1. The molecule has 26 heavy (non-hydrogen) atoms. The van der Waals surface area contributed by atoms with Crippen molar-refractivity contribution in [2.45, 2.75) is 44.3 Å². The molecule has 1 saturated heterocycles. The van der Waals surface area contributed by atoms with Gasteiger partial charge in [0.25, 0.3) is 0 Å². The van der Waals surface area contributed by atoms with Gasteiger partial charge in [0.1, 0.15) is 16.4 Å². The summed E-state index contributed by atoms with van der Waals surface area (Å²) in [6, 6.07) is 4.69. The van der Waals surface area contributed by atoms with E-state index in [4.69, 9.17) is 18.9 Å². The smallest absolute Gasteiger partial charge is 0.244 e. The van der Waals surface area contributed by atoms with Crippen molar-refractivity contribution in [1.29, 1.82) is 0 Å². The van der Waals surface area contributed by atoms with Crippen molar-refractivity contribution in [2.75, 3.05) is 34.0 Å². The summed E-state index contributed by atoms with van der Waals surface area (Å²) in [6.07, 6.45) is 2.15. The van der Waals surface area contributed by atoms with Crippen LogP contribution in [0.5, 0.6) is 11.5 Å². The summed E-state index contributed by atoms with van der Waals surface area (Å²) in [5.41, 5.74) is -0.129. The minimum Gasteiger partial charge on any atom is -0.497 e. The second-order valence-electron chi connectivity index (χ2n) is 6.60. The van der Waals surface area contributed by atoms with Gasteiger partial charge in [-0.1, -0.05) is 13.8 Å². The van der Waals surface area contributed by atoms with Crippen molar-refractivity contribution < 1.29 is 27.4 Å². The standard InChI is InChI=1S/C18H29NO6S/c1-5-18(2,17-24-11-12-25-17)9-6-10-19-26(20,21)16-13-14(22-3)7-8-15(16)23-4/h7-8,13,17,19H,5-6,9-12H2,1-4H3/t18-/m0/s1. The first-order valence-corrected chi connectivity index (χ1v) is 10.3. The Morgan fingerprint density at radius 3 is 2.50 bits per heavy atom. The van der Waals surface area contributed by atoms with Crippen LogP contribution in [0.15, 0.2) is 23.1 Å². The van der Waals surface area contributed by atoms with Crippen LogP contribution >= 0.6 is 0 Å². The lowest BCUT2D eigenvalue weighted by Crippen LogP contribution is -2.34. The summed E-state index contributed by atoms with van der Waals surface area (Å²) in [5, 5.41) is 0. The van der Waals surface area contributed by atoms with E-state index in [1.54, 1.807) is 12.1 Å². The van der Waals surface area contributed by atoms with Gasteiger partial charge in [0.05, 0.1) is 27.4 Å². The SMILES string of the molecule is CC[C@@](C)(CCCNS(=O)(=O)c1cc(OC)ccc1OC)C1OCCO1. The molecular formula is C18H29NO6S. The molecule has 0 bridgehead atoms. The van der Waals surface area contributed by atoms with Crippen LogP contribution in [-0.4, -0.2) is 48.7 Å². The maximum atomic E-state index is 12.6. The topological polar surface area (TPSA) is 83.1 Å². The Bertz CT molecular complexity index is 687. The molecular weight excluding hydrogens is 358 g/mol. The quantitative estimate of drug-likeness (QED) is 0.621. The van der Waals surface area contributed by atoms with E-state index >= 15 is 0 Å². The van der Waals surface area contributed by atoms with Crippen molar-refractivity contribution in [3.63, 3.8) is 0 Å². The van der Waals surface area contributed by atoms with Gasteiger partial charge in [-0.25, -0.2) is 13.1 Å². The molecule has 0 aromatic heterocycles. The normalized spacial score (nSPS) is 17.8. The minimum atomic E-state index is -3.70. The first-order chi connectivity index (χ1) is 12.4. The summed E-state index contributed by atoms with van der Waals surface area (Å²) >= 11 is 0. The molecule has 0 saturated carbocycles. The highest BCUT2D eigenvalue weighted by Gasteiger charge is 2.36. The molecule has 0 unspecified atom stereocenters. The fraction of sp³-hybridized carbons (Fsp3) is 0.667. The molecule has 7 nitrogen and oxygen atoms in total. The van der Waals surface area contributed by atoms with Gasteiger partial charge < -0.3 is 18.9 Å². The van der Waals surface area contributed by atoms with Gasteiger partial charge >= 0.3 is 0 Å². The number of benzene rings is 1. The monoisotopic (exact) mass is 387 g/mol. The van der Waals surface area contributed by atoms with Gasteiger partial charge in [0.15, 0.2) is 6.29 Å². The Labute approximate surface area is 156 Å². The minimum absolute atomic E-state index is 0.0695. The molecule has 1 aliphatic rings. The molecule has 2 rings (SSSR count). The third kappa shape index (κ3) is 4.88. The molecule has 1 atom stereocenters. The zero-order valence-electron chi connectivity index (χ0n) is 15.9. The van der Waals surface area contributed by atoms with Crippen LogP contribution in [0.25, 0.3) is 0 Å². The second-order valence-corrected chi connectivity index (χ2v) is 8.33. The van der Waals surface area contributed by atoms with Crippen molar-refractivity contribution >= 4 is 10.0 Å². The summed E-state index contributed by atoms with van der Waals surface area (Å²) in [7, 11) is -0.767. The van der Waals surface area contributed by atoms with E-state index in [1.807, 2.05) is 0 Å². The lowest BCUT2D eigenvalue weighted by Gasteiger charge is -2.33. The zero-order valence-corrected chi connectivity index (χ0v) is 16.7. The fourth-order valence-electron chi connectivity index (χ4n) is 2.99. The average molecular weight is 387 g/mol. The number of nitrogens with one attached hydrogen (secondary N) is 1. The molecule has 1 fully saturated rings. The molecule has 0 aliphatic carbocycles. The molecule has 8 heteroatoms. The van der Waals surface area contributed by atoms with Crippen molar-refractivity contribution in [3.05, 3.63) is 18.2 Å². The maximum absolute atomic E-state index is 12.6. The van der Waals surface area contributed by atoms with Crippen LogP contribution in [0.4, 0.5) is 0 Å². The van der Waals surface area contributed by atoms with Crippen LogP contribution < -0.4 is 14.2 Å². The molecule has 0 radical (unpaired) electrons. The van der Waals surface area contributed by atoms with Gasteiger partial charge in [-0.05, 0) is 31.4 Å².